The summed E-state index contributed by atoms with van der Waals surface area (Å²) in [5.41, 5.74) is 4.77. The molecule has 15 heavy (non-hydrogen) atoms. The van der Waals surface area contributed by atoms with Crippen LogP contribution in [0.5, 0.6) is 0 Å². The third-order valence-electron chi connectivity index (χ3n) is 2.89. The van der Waals surface area contributed by atoms with Gasteiger partial charge in [0.1, 0.15) is 0 Å². The Labute approximate surface area is 91.7 Å². The van der Waals surface area contributed by atoms with Gasteiger partial charge in [0.2, 0.25) is 0 Å². The fourth-order valence-corrected chi connectivity index (χ4v) is 1.87. The van der Waals surface area contributed by atoms with Crippen molar-refractivity contribution in [1.29, 1.82) is 0 Å². The first-order valence-corrected chi connectivity index (χ1v) is 5.22. The van der Waals surface area contributed by atoms with Crippen molar-refractivity contribution in [2.24, 2.45) is 0 Å². The molecule has 0 saturated carbocycles. The molecule has 0 fully saturated rings. The average molecular weight is 205 g/mol. The maximum atomic E-state index is 11.5. The summed E-state index contributed by atoms with van der Waals surface area (Å²) in [6.07, 6.45) is 0. The molecule has 1 unspecified atom stereocenters. The summed E-state index contributed by atoms with van der Waals surface area (Å²) < 4.78 is 0. The number of carbonyl (C=O) groups excluding carboxylic acids is 1. The molecule has 0 heterocycles. The molecule has 0 radical (unpaired) electrons. The topological polar surface area (TPSA) is 29.1 Å². The number of likely N-dealkylation sites (N-methyl/N-ethyl adjacent to an activating group) is 1. The van der Waals surface area contributed by atoms with E-state index in [1.54, 1.807) is 6.92 Å². The molecule has 1 N–H and O–H groups in total. The van der Waals surface area contributed by atoms with Gasteiger partial charge in [-0.05, 0) is 57.0 Å². The molecule has 1 rings (SSSR count). The number of hydrogen-bond donors (Lipinski definition) is 1. The van der Waals surface area contributed by atoms with Gasteiger partial charge in [-0.2, -0.15) is 0 Å². The minimum absolute atomic E-state index is 0.156. The van der Waals surface area contributed by atoms with E-state index in [1.165, 1.54) is 16.7 Å². The lowest BCUT2D eigenvalue weighted by atomic mass is 9.94. The first-order valence-electron chi connectivity index (χ1n) is 5.22. The van der Waals surface area contributed by atoms with E-state index < -0.39 is 0 Å². The van der Waals surface area contributed by atoms with Gasteiger partial charge >= 0.3 is 0 Å². The molecule has 0 aliphatic carbocycles. The molecule has 0 aliphatic heterocycles. The molecule has 0 spiro atoms. The van der Waals surface area contributed by atoms with Crippen molar-refractivity contribution >= 4 is 5.78 Å². The number of rotatable bonds is 3. The van der Waals surface area contributed by atoms with Crippen LogP contribution < -0.4 is 5.32 Å². The van der Waals surface area contributed by atoms with Gasteiger partial charge in [0.15, 0.2) is 5.78 Å². The molecular formula is C13H19NO. The zero-order valence-electron chi connectivity index (χ0n) is 10.1. The number of aryl methyl sites for hydroxylation is 3. The van der Waals surface area contributed by atoms with E-state index in [4.69, 9.17) is 0 Å². The lowest BCUT2D eigenvalue weighted by molar-refractivity contribution is -0.119. The Morgan fingerprint density at radius 3 is 2.13 bits per heavy atom. The van der Waals surface area contributed by atoms with Gasteiger partial charge in [-0.25, -0.2) is 0 Å². The van der Waals surface area contributed by atoms with Gasteiger partial charge in [0, 0.05) is 0 Å². The zero-order valence-corrected chi connectivity index (χ0v) is 10.1. The first kappa shape index (κ1) is 11.9. The van der Waals surface area contributed by atoms with Gasteiger partial charge in [0.05, 0.1) is 6.04 Å². The van der Waals surface area contributed by atoms with E-state index >= 15 is 0 Å². The summed E-state index contributed by atoms with van der Waals surface area (Å²) in [5, 5.41) is 3.06. The van der Waals surface area contributed by atoms with E-state index in [-0.39, 0.29) is 11.8 Å². The summed E-state index contributed by atoms with van der Waals surface area (Å²) in [4.78, 5) is 11.5. The molecule has 0 amide bonds. The van der Waals surface area contributed by atoms with Crippen LogP contribution in [0.25, 0.3) is 0 Å². The van der Waals surface area contributed by atoms with Crippen LogP contribution in [0.4, 0.5) is 0 Å². The smallest absolute Gasteiger partial charge is 0.151 e. The maximum absolute atomic E-state index is 11.5. The second kappa shape index (κ2) is 4.58. The lowest BCUT2D eigenvalue weighted by Crippen LogP contribution is -2.24. The molecule has 2 heteroatoms. The van der Waals surface area contributed by atoms with Crippen LogP contribution in [0.3, 0.4) is 0 Å². The van der Waals surface area contributed by atoms with Crippen molar-refractivity contribution in [3.05, 3.63) is 34.4 Å². The summed E-state index contributed by atoms with van der Waals surface area (Å²) in [7, 11) is 1.82. The quantitative estimate of drug-likeness (QED) is 0.821. The molecule has 0 saturated heterocycles. The second-order valence-corrected chi connectivity index (χ2v) is 4.13. The SMILES string of the molecule is CNC(C(C)=O)c1cc(C)c(C)cc1C. The van der Waals surface area contributed by atoms with E-state index in [1.807, 2.05) is 7.05 Å². The number of benzene rings is 1. The highest BCUT2D eigenvalue weighted by Crippen LogP contribution is 2.22. The van der Waals surface area contributed by atoms with Gasteiger partial charge in [-0.15, -0.1) is 0 Å². The van der Waals surface area contributed by atoms with Crippen molar-refractivity contribution in [2.75, 3.05) is 7.05 Å². The van der Waals surface area contributed by atoms with E-state index in [2.05, 4.69) is 38.2 Å². The molecule has 1 atom stereocenters. The largest absolute Gasteiger partial charge is 0.307 e. The second-order valence-electron chi connectivity index (χ2n) is 4.13. The van der Waals surface area contributed by atoms with Crippen molar-refractivity contribution in [1.82, 2.24) is 5.32 Å². The molecule has 0 aromatic heterocycles. The molecule has 2 nitrogen and oxygen atoms in total. The third kappa shape index (κ3) is 2.45. The predicted molar refractivity (Wildman–Crippen MR) is 63.1 cm³/mol. The van der Waals surface area contributed by atoms with Gasteiger partial charge < -0.3 is 5.32 Å². The van der Waals surface area contributed by atoms with E-state index in [0.717, 1.165) is 5.56 Å². The molecule has 0 bridgehead atoms. The molecular weight excluding hydrogens is 186 g/mol. The summed E-state index contributed by atoms with van der Waals surface area (Å²) >= 11 is 0. The van der Waals surface area contributed by atoms with Crippen LogP contribution in [0.15, 0.2) is 12.1 Å². The van der Waals surface area contributed by atoms with Crippen molar-refractivity contribution in [2.45, 2.75) is 33.7 Å². The normalized spacial score (nSPS) is 12.6. The highest BCUT2D eigenvalue weighted by atomic mass is 16.1. The Hall–Kier alpha value is -1.15. The Bertz CT molecular complexity index is 382. The van der Waals surface area contributed by atoms with Crippen LogP contribution in [-0.4, -0.2) is 12.8 Å². The number of ketones is 1. The van der Waals surface area contributed by atoms with Crippen molar-refractivity contribution in [3.8, 4) is 0 Å². The zero-order chi connectivity index (χ0) is 11.6. The van der Waals surface area contributed by atoms with Crippen LogP contribution in [-0.2, 0) is 4.79 Å². The maximum Gasteiger partial charge on any atom is 0.151 e. The Balaban J connectivity index is 3.24. The molecule has 82 valence electrons. The van der Waals surface area contributed by atoms with Crippen molar-refractivity contribution in [3.63, 3.8) is 0 Å². The number of hydrogen-bond acceptors (Lipinski definition) is 2. The number of carbonyl (C=O) groups is 1. The van der Waals surface area contributed by atoms with Crippen LogP contribution >= 0.6 is 0 Å². The monoisotopic (exact) mass is 205 g/mol. The highest BCUT2D eigenvalue weighted by Gasteiger charge is 2.16. The minimum atomic E-state index is -0.177. The standard InChI is InChI=1S/C13H19NO/c1-8-6-10(3)12(7-9(8)2)13(14-5)11(4)15/h6-7,13-14H,1-5H3. The molecule has 0 aliphatic rings. The fourth-order valence-electron chi connectivity index (χ4n) is 1.87. The van der Waals surface area contributed by atoms with Crippen LogP contribution in [0.1, 0.15) is 35.2 Å². The third-order valence-corrected chi connectivity index (χ3v) is 2.89. The molecule has 1 aromatic carbocycles. The first-order chi connectivity index (χ1) is 6.97. The number of Topliss-reactive ketones (excluding diaryl/α,β-unsaturated/α-hetero) is 1. The van der Waals surface area contributed by atoms with Crippen molar-refractivity contribution < 1.29 is 4.79 Å². The van der Waals surface area contributed by atoms with Gasteiger partial charge in [0.25, 0.3) is 0 Å². The summed E-state index contributed by atoms with van der Waals surface area (Å²) in [5.74, 6) is 0.156. The lowest BCUT2D eigenvalue weighted by Gasteiger charge is -2.17. The average Bonchev–Trinajstić information content (AvgIpc) is 2.14. The minimum Gasteiger partial charge on any atom is -0.307 e. The predicted octanol–water partition coefficient (Wildman–Crippen LogP) is 2.46. The Morgan fingerprint density at radius 2 is 1.67 bits per heavy atom. The van der Waals surface area contributed by atoms with Gasteiger partial charge in [-0.3, -0.25) is 4.79 Å². The van der Waals surface area contributed by atoms with E-state index in [9.17, 15) is 4.79 Å². The molecule has 1 aromatic rings. The summed E-state index contributed by atoms with van der Waals surface area (Å²) in [6, 6.07) is 4.06. The van der Waals surface area contributed by atoms with Crippen LogP contribution in [0, 0.1) is 20.8 Å². The number of nitrogens with one attached hydrogen (secondary N) is 1. The highest BCUT2D eigenvalue weighted by molar-refractivity contribution is 5.83. The Kier molecular flexibility index (Phi) is 3.64. The van der Waals surface area contributed by atoms with E-state index in [0.29, 0.717) is 0 Å². The summed E-state index contributed by atoms with van der Waals surface area (Å²) in [6.45, 7) is 7.84. The van der Waals surface area contributed by atoms with Gasteiger partial charge in [-0.1, -0.05) is 12.1 Å². The Morgan fingerprint density at radius 1 is 1.13 bits per heavy atom. The fraction of sp³-hybridized carbons (Fsp3) is 0.462. The van der Waals surface area contributed by atoms with Crippen LogP contribution in [0.2, 0.25) is 0 Å².